The van der Waals surface area contributed by atoms with Crippen LogP contribution >= 0.6 is 11.6 Å². The van der Waals surface area contributed by atoms with Crippen LogP contribution in [0.2, 0.25) is 5.02 Å². The van der Waals surface area contributed by atoms with Crippen LogP contribution in [0.4, 0.5) is 5.69 Å². The van der Waals surface area contributed by atoms with Gasteiger partial charge in [-0.2, -0.15) is 0 Å². The highest BCUT2D eigenvalue weighted by molar-refractivity contribution is 7.91. The molecule has 0 fully saturated rings. The third-order valence-corrected chi connectivity index (χ3v) is 6.46. The maximum atomic E-state index is 13.2. The molecule has 26 heavy (non-hydrogen) atoms. The van der Waals surface area contributed by atoms with Crippen molar-refractivity contribution in [3.63, 3.8) is 0 Å². The molecule has 2 heterocycles. The summed E-state index contributed by atoms with van der Waals surface area (Å²) in [6.45, 7) is 0. The van der Waals surface area contributed by atoms with Crippen LogP contribution in [-0.4, -0.2) is 30.4 Å². The number of aliphatic hydroxyl groups is 1. The van der Waals surface area contributed by atoms with Gasteiger partial charge >= 0.3 is 0 Å². The normalized spacial score (nSPS) is 16.9. The lowest BCUT2D eigenvalue weighted by Gasteiger charge is -2.26. The van der Waals surface area contributed by atoms with Crippen LogP contribution in [-0.2, 0) is 16.9 Å². The summed E-state index contributed by atoms with van der Waals surface area (Å²) in [5.41, 5.74) is 0.871. The van der Waals surface area contributed by atoms with Gasteiger partial charge in [-0.1, -0.05) is 11.6 Å². The van der Waals surface area contributed by atoms with E-state index in [4.69, 9.17) is 11.6 Å². The molecule has 0 saturated carbocycles. The zero-order chi connectivity index (χ0) is 18.6. The molecule has 2 aromatic carbocycles. The van der Waals surface area contributed by atoms with Crippen molar-refractivity contribution in [2.75, 3.05) is 5.32 Å². The van der Waals surface area contributed by atoms with Crippen LogP contribution < -0.4 is 10.6 Å². The highest BCUT2D eigenvalue weighted by Gasteiger charge is 2.32. The van der Waals surface area contributed by atoms with Gasteiger partial charge in [0, 0.05) is 24.1 Å². The molecule has 0 aliphatic carbocycles. The van der Waals surface area contributed by atoms with Gasteiger partial charge in [0.25, 0.3) is 5.91 Å². The van der Waals surface area contributed by atoms with E-state index in [9.17, 15) is 18.3 Å². The first-order valence-corrected chi connectivity index (χ1v) is 9.53. The number of hydrogen-bond donors (Lipinski definition) is 3. The molecule has 0 saturated heterocycles. The fraction of sp³-hybridized carbons (Fsp3) is 0.118. The summed E-state index contributed by atoms with van der Waals surface area (Å²) in [5, 5.41) is 15.4. The maximum Gasteiger partial charge on any atom is 0.258 e. The summed E-state index contributed by atoms with van der Waals surface area (Å²) < 4.78 is 28.2. The van der Waals surface area contributed by atoms with E-state index in [-0.39, 0.29) is 26.1 Å². The van der Waals surface area contributed by atoms with Gasteiger partial charge in [-0.25, -0.2) is 8.42 Å². The highest BCUT2D eigenvalue weighted by atomic mass is 35.5. The monoisotopic (exact) mass is 391 g/mol. The fourth-order valence-corrected chi connectivity index (χ4v) is 4.77. The summed E-state index contributed by atoms with van der Waals surface area (Å²) in [6.07, 6.45) is 0.437. The number of fused-ring (bicyclic) bond motifs is 2. The molecule has 9 heteroatoms. The Labute approximate surface area is 154 Å². The predicted octanol–water partition coefficient (Wildman–Crippen LogP) is 2.10. The number of hydrogen-bond acceptors (Lipinski definition) is 5. The fourth-order valence-electron chi connectivity index (χ4n) is 3.07. The topological polar surface area (TPSA) is 100 Å². The number of carbonyl (C=O) groups excluding carboxylic acids is 1. The molecule has 1 atom stereocenters. The van der Waals surface area contributed by atoms with Crippen molar-refractivity contribution in [2.24, 2.45) is 7.05 Å². The van der Waals surface area contributed by atoms with Crippen LogP contribution in [0.25, 0.3) is 10.9 Å². The molecule has 0 radical (unpaired) electrons. The standard InChI is InChI=1S/C17H14ClN3O4S/c1-21-7-6-9-8-10(2-4-12(9)21)26(24,25)13-5-3-11(18)14-15(13)19-17(23)20-16(14)22/h2-8,17,19,23H,1H3,(H,20,22). The van der Waals surface area contributed by atoms with Gasteiger partial charge in [0.2, 0.25) is 16.2 Å². The average molecular weight is 392 g/mol. The van der Waals surface area contributed by atoms with Crippen molar-refractivity contribution < 1.29 is 18.3 Å². The lowest BCUT2D eigenvalue weighted by atomic mass is 10.1. The van der Waals surface area contributed by atoms with Gasteiger partial charge in [0.15, 0.2) is 0 Å². The summed E-state index contributed by atoms with van der Waals surface area (Å²) in [6, 6.07) is 9.31. The van der Waals surface area contributed by atoms with E-state index < -0.39 is 22.1 Å². The number of aliphatic hydroxyl groups excluding tert-OH is 1. The summed E-state index contributed by atoms with van der Waals surface area (Å²) in [4.78, 5) is 12.1. The summed E-state index contributed by atoms with van der Waals surface area (Å²) in [7, 11) is -2.08. The van der Waals surface area contributed by atoms with Gasteiger partial charge in [0.1, 0.15) is 0 Å². The highest BCUT2D eigenvalue weighted by Crippen LogP contribution is 2.37. The van der Waals surface area contributed by atoms with Crippen molar-refractivity contribution in [3.05, 3.63) is 53.2 Å². The van der Waals surface area contributed by atoms with E-state index in [1.54, 1.807) is 12.1 Å². The van der Waals surface area contributed by atoms with Gasteiger partial charge in [-0.05, 0) is 36.4 Å². The molecule has 3 aromatic rings. The third-order valence-electron chi connectivity index (χ3n) is 4.35. The van der Waals surface area contributed by atoms with Crippen LogP contribution in [0.5, 0.6) is 0 Å². The van der Waals surface area contributed by atoms with E-state index in [0.29, 0.717) is 0 Å². The first kappa shape index (κ1) is 16.9. The molecule has 1 amide bonds. The van der Waals surface area contributed by atoms with E-state index in [0.717, 1.165) is 10.9 Å². The number of benzene rings is 2. The van der Waals surface area contributed by atoms with Crippen molar-refractivity contribution >= 4 is 43.9 Å². The van der Waals surface area contributed by atoms with Gasteiger partial charge in [-0.3, -0.25) is 4.79 Å². The molecule has 134 valence electrons. The van der Waals surface area contributed by atoms with Gasteiger partial charge in [0.05, 0.1) is 26.1 Å². The quantitative estimate of drug-likeness (QED) is 0.621. The maximum absolute atomic E-state index is 13.2. The Morgan fingerprint density at radius 1 is 1.15 bits per heavy atom. The predicted molar refractivity (Wildman–Crippen MR) is 96.9 cm³/mol. The minimum Gasteiger partial charge on any atom is -0.356 e. The van der Waals surface area contributed by atoms with Crippen molar-refractivity contribution in [1.29, 1.82) is 0 Å². The number of aromatic nitrogens is 1. The zero-order valence-corrected chi connectivity index (χ0v) is 15.1. The second kappa shape index (κ2) is 5.73. The molecular weight excluding hydrogens is 378 g/mol. The SMILES string of the molecule is Cn1ccc2cc(S(=O)(=O)c3ccc(Cl)c4c3NC(O)NC4=O)ccc21. The van der Waals surface area contributed by atoms with Crippen molar-refractivity contribution in [3.8, 4) is 0 Å². The van der Waals surface area contributed by atoms with Crippen LogP contribution in [0, 0.1) is 0 Å². The van der Waals surface area contributed by atoms with Crippen LogP contribution in [0.3, 0.4) is 0 Å². The average Bonchev–Trinajstić information content (AvgIpc) is 2.95. The Bertz CT molecular complexity index is 1170. The summed E-state index contributed by atoms with van der Waals surface area (Å²) in [5.74, 6) is -0.646. The lowest BCUT2D eigenvalue weighted by Crippen LogP contribution is -2.45. The summed E-state index contributed by atoms with van der Waals surface area (Å²) >= 11 is 6.05. The lowest BCUT2D eigenvalue weighted by molar-refractivity contribution is 0.0812. The van der Waals surface area contributed by atoms with E-state index in [1.807, 2.05) is 23.9 Å². The van der Waals surface area contributed by atoms with Crippen molar-refractivity contribution in [2.45, 2.75) is 16.1 Å². The molecule has 4 rings (SSSR count). The molecular formula is C17H14ClN3O4S. The Kier molecular flexibility index (Phi) is 3.72. The number of sulfone groups is 1. The van der Waals surface area contributed by atoms with E-state index >= 15 is 0 Å². The number of anilines is 1. The van der Waals surface area contributed by atoms with Crippen LogP contribution in [0.15, 0.2) is 52.4 Å². The smallest absolute Gasteiger partial charge is 0.258 e. The van der Waals surface area contributed by atoms with Gasteiger partial charge < -0.3 is 20.3 Å². The van der Waals surface area contributed by atoms with Crippen LogP contribution in [0.1, 0.15) is 10.4 Å². The first-order valence-electron chi connectivity index (χ1n) is 7.67. The van der Waals surface area contributed by atoms with Crippen molar-refractivity contribution in [1.82, 2.24) is 9.88 Å². The third kappa shape index (κ3) is 2.45. The van der Waals surface area contributed by atoms with E-state index in [2.05, 4.69) is 10.6 Å². The molecule has 1 aromatic heterocycles. The Morgan fingerprint density at radius 2 is 1.92 bits per heavy atom. The Hall–Kier alpha value is -2.55. The number of carbonyl (C=O) groups is 1. The molecule has 1 aliphatic heterocycles. The molecule has 3 N–H and O–H groups in total. The zero-order valence-electron chi connectivity index (χ0n) is 13.5. The number of nitrogens with one attached hydrogen (secondary N) is 2. The first-order chi connectivity index (χ1) is 12.3. The minimum atomic E-state index is -3.95. The number of halogens is 1. The minimum absolute atomic E-state index is 0.0121. The van der Waals surface area contributed by atoms with E-state index in [1.165, 1.54) is 18.2 Å². The molecule has 0 bridgehead atoms. The number of rotatable bonds is 2. The largest absolute Gasteiger partial charge is 0.356 e. The second-order valence-corrected chi connectivity index (χ2v) is 8.29. The Morgan fingerprint density at radius 3 is 2.69 bits per heavy atom. The molecule has 1 aliphatic rings. The number of aryl methyl sites for hydroxylation is 1. The Balaban J connectivity index is 1.93. The molecule has 0 spiro atoms. The van der Waals surface area contributed by atoms with Gasteiger partial charge in [-0.15, -0.1) is 0 Å². The molecule has 7 nitrogen and oxygen atoms in total. The number of nitrogens with zero attached hydrogens (tertiary/aromatic N) is 1. The molecule has 1 unspecified atom stereocenters. The number of amides is 1. The second-order valence-electron chi connectivity index (χ2n) is 5.97.